The van der Waals surface area contributed by atoms with Gasteiger partial charge in [0.25, 0.3) is 5.91 Å². The second kappa shape index (κ2) is 8.97. The van der Waals surface area contributed by atoms with E-state index >= 15 is 0 Å². The molecule has 25 heavy (non-hydrogen) atoms. The number of piperidine rings is 1. The number of nitrogens with one attached hydrogen (secondary N) is 1. The van der Waals surface area contributed by atoms with Crippen molar-refractivity contribution in [1.29, 1.82) is 0 Å². The summed E-state index contributed by atoms with van der Waals surface area (Å²) in [4.78, 5) is 30.5. The van der Waals surface area contributed by atoms with Gasteiger partial charge in [-0.2, -0.15) is 0 Å². The maximum absolute atomic E-state index is 12.5. The summed E-state index contributed by atoms with van der Waals surface area (Å²) in [5, 5.41) is 3.00. The van der Waals surface area contributed by atoms with Crippen molar-refractivity contribution in [3.05, 3.63) is 30.1 Å². The largest absolute Gasteiger partial charge is 0.352 e. The molecule has 2 heterocycles. The fourth-order valence-corrected chi connectivity index (χ4v) is 3.99. The van der Waals surface area contributed by atoms with Gasteiger partial charge in [0.2, 0.25) is 5.91 Å². The molecule has 3 rings (SSSR count). The second-order valence-corrected chi connectivity index (χ2v) is 7.48. The lowest BCUT2D eigenvalue weighted by Crippen LogP contribution is -2.42. The molecule has 0 unspecified atom stereocenters. The molecule has 0 bridgehead atoms. The smallest absolute Gasteiger partial charge is 0.252 e. The molecule has 0 radical (unpaired) electrons. The molecule has 1 aromatic heterocycles. The number of nitrogens with zero attached hydrogens (tertiary/aromatic N) is 2. The minimum Gasteiger partial charge on any atom is -0.352 e. The summed E-state index contributed by atoms with van der Waals surface area (Å²) in [6.45, 7) is 2.34. The van der Waals surface area contributed by atoms with Crippen LogP contribution >= 0.6 is 0 Å². The van der Waals surface area contributed by atoms with E-state index in [4.69, 9.17) is 0 Å². The van der Waals surface area contributed by atoms with Crippen LogP contribution in [-0.2, 0) is 4.79 Å². The molecule has 1 aliphatic carbocycles. The molecule has 2 aliphatic rings. The van der Waals surface area contributed by atoms with Gasteiger partial charge >= 0.3 is 0 Å². The van der Waals surface area contributed by atoms with Gasteiger partial charge in [-0.3, -0.25) is 14.6 Å². The average molecular weight is 343 g/mol. The van der Waals surface area contributed by atoms with Crippen LogP contribution in [0, 0.1) is 11.8 Å². The summed E-state index contributed by atoms with van der Waals surface area (Å²) < 4.78 is 0. The Hall–Kier alpha value is -1.91. The first-order chi connectivity index (χ1) is 12.2. The number of likely N-dealkylation sites (tertiary alicyclic amines) is 1. The quantitative estimate of drug-likeness (QED) is 0.894. The SMILES string of the molecule is O=C(NCC1CCN(C(=O)CC2CCCCC2)CC1)c1cccnc1. The predicted molar refractivity (Wildman–Crippen MR) is 97.1 cm³/mol. The van der Waals surface area contributed by atoms with Gasteiger partial charge in [-0.05, 0) is 49.7 Å². The molecule has 2 amide bonds. The molecule has 1 aromatic rings. The molecule has 5 nitrogen and oxygen atoms in total. The second-order valence-electron chi connectivity index (χ2n) is 7.48. The highest BCUT2D eigenvalue weighted by atomic mass is 16.2. The molecule has 1 saturated carbocycles. The van der Waals surface area contributed by atoms with Crippen molar-refractivity contribution in [3.63, 3.8) is 0 Å². The maximum Gasteiger partial charge on any atom is 0.252 e. The van der Waals surface area contributed by atoms with Crippen LogP contribution < -0.4 is 5.32 Å². The van der Waals surface area contributed by atoms with Crippen LogP contribution in [0.25, 0.3) is 0 Å². The fourth-order valence-electron chi connectivity index (χ4n) is 3.99. The Morgan fingerprint density at radius 1 is 1.08 bits per heavy atom. The summed E-state index contributed by atoms with van der Waals surface area (Å²) in [7, 11) is 0. The average Bonchev–Trinajstić information content (AvgIpc) is 2.68. The number of hydrogen-bond donors (Lipinski definition) is 1. The van der Waals surface area contributed by atoms with Gasteiger partial charge in [0.05, 0.1) is 5.56 Å². The van der Waals surface area contributed by atoms with Crippen molar-refractivity contribution in [2.45, 2.75) is 51.4 Å². The highest BCUT2D eigenvalue weighted by Crippen LogP contribution is 2.27. The van der Waals surface area contributed by atoms with Gasteiger partial charge in [0.1, 0.15) is 0 Å². The van der Waals surface area contributed by atoms with Crippen LogP contribution in [0.1, 0.15) is 61.7 Å². The van der Waals surface area contributed by atoms with E-state index in [1.165, 1.54) is 32.1 Å². The van der Waals surface area contributed by atoms with Crippen molar-refractivity contribution < 1.29 is 9.59 Å². The third-order valence-corrected chi connectivity index (χ3v) is 5.63. The number of amides is 2. The molecule has 0 spiro atoms. The minimum atomic E-state index is -0.0658. The molecule has 0 aromatic carbocycles. The molecule has 1 saturated heterocycles. The standard InChI is InChI=1S/C20H29N3O2/c24-19(13-16-5-2-1-3-6-16)23-11-8-17(9-12-23)14-22-20(25)18-7-4-10-21-15-18/h4,7,10,15-17H,1-3,5-6,8-9,11-14H2,(H,22,25). The van der Waals surface area contributed by atoms with Gasteiger partial charge in [0, 0.05) is 38.4 Å². The Morgan fingerprint density at radius 3 is 2.52 bits per heavy atom. The highest BCUT2D eigenvalue weighted by Gasteiger charge is 2.25. The topological polar surface area (TPSA) is 62.3 Å². The number of rotatable bonds is 5. The maximum atomic E-state index is 12.5. The molecular formula is C20H29N3O2. The van der Waals surface area contributed by atoms with Crippen molar-refractivity contribution in [3.8, 4) is 0 Å². The number of pyridine rings is 1. The summed E-state index contributed by atoms with van der Waals surface area (Å²) in [5.41, 5.74) is 0.600. The Morgan fingerprint density at radius 2 is 1.84 bits per heavy atom. The summed E-state index contributed by atoms with van der Waals surface area (Å²) >= 11 is 0. The molecular weight excluding hydrogens is 314 g/mol. The Kier molecular flexibility index (Phi) is 6.42. The lowest BCUT2D eigenvalue weighted by molar-refractivity contribution is -0.133. The fraction of sp³-hybridized carbons (Fsp3) is 0.650. The van der Waals surface area contributed by atoms with Crippen LogP contribution in [0.5, 0.6) is 0 Å². The number of carbonyl (C=O) groups is 2. The van der Waals surface area contributed by atoms with Crippen molar-refractivity contribution >= 4 is 11.8 Å². The van der Waals surface area contributed by atoms with E-state index < -0.39 is 0 Å². The number of hydrogen-bond acceptors (Lipinski definition) is 3. The van der Waals surface area contributed by atoms with Gasteiger partial charge in [-0.15, -0.1) is 0 Å². The molecule has 1 N–H and O–H groups in total. The summed E-state index contributed by atoms with van der Waals surface area (Å²) in [6.07, 6.45) is 12.3. The van der Waals surface area contributed by atoms with Crippen molar-refractivity contribution in [1.82, 2.24) is 15.2 Å². The van der Waals surface area contributed by atoms with Crippen molar-refractivity contribution in [2.75, 3.05) is 19.6 Å². The zero-order valence-electron chi connectivity index (χ0n) is 15.0. The van der Waals surface area contributed by atoms with Gasteiger partial charge in [-0.25, -0.2) is 0 Å². The van der Waals surface area contributed by atoms with Crippen LogP contribution in [0.15, 0.2) is 24.5 Å². The zero-order valence-corrected chi connectivity index (χ0v) is 15.0. The Bertz CT molecular complexity index is 562. The van der Waals surface area contributed by atoms with E-state index in [1.807, 2.05) is 4.90 Å². The van der Waals surface area contributed by atoms with E-state index in [0.717, 1.165) is 32.4 Å². The van der Waals surface area contributed by atoms with Crippen LogP contribution in [0.3, 0.4) is 0 Å². The van der Waals surface area contributed by atoms with Crippen LogP contribution in [0.2, 0.25) is 0 Å². The third kappa shape index (κ3) is 5.28. The minimum absolute atomic E-state index is 0.0658. The number of aromatic nitrogens is 1. The first-order valence-corrected chi connectivity index (χ1v) is 9.68. The van der Waals surface area contributed by atoms with Gasteiger partial charge < -0.3 is 10.2 Å². The molecule has 0 atom stereocenters. The first kappa shape index (κ1) is 17.9. The van der Waals surface area contributed by atoms with Gasteiger partial charge in [-0.1, -0.05) is 19.3 Å². The lowest BCUT2D eigenvalue weighted by Gasteiger charge is -2.33. The molecule has 136 valence electrons. The Labute approximate surface area is 150 Å². The highest BCUT2D eigenvalue weighted by molar-refractivity contribution is 5.93. The Balaban J connectivity index is 1.36. The van der Waals surface area contributed by atoms with E-state index in [2.05, 4.69) is 10.3 Å². The molecule has 1 aliphatic heterocycles. The van der Waals surface area contributed by atoms with Crippen LogP contribution in [0.4, 0.5) is 0 Å². The van der Waals surface area contributed by atoms with E-state index in [-0.39, 0.29) is 5.91 Å². The van der Waals surface area contributed by atoms with E-state index in [1.54, 1.807) is 24.5 Å². The molecule has 2 fully saturated rings. The summed E-state index contributed by atoms with van der Waals surface area (Å²) in [5.74, 6) is 1.34. The van der Waals surface area contributed by atoms with E-state index in [9.17, 15) is 9.59 Å². The van der Waals surface area contributed by atoms with Crippen molar-refractivity contribution in [2.24, 2.45) is 11.8 Å². The van der Waals surface area contributed by atoms with Gasteiger partial charge in [0.15, 0.2) is 0 Å². The summed E-state index contributed by atoms with van der Waals surface area (Å²) in [6, 6.07) is 3.54. The molecule has 5 heteroatoms. The lowest BCUT2D eigenvalue weighted by atomic mass is 9.86. The van der Waals surface area contributed by atoms with Crippen LogP contribution in [-0.4, -0.2) is 41.3 Å². The third-order valence-electron chi connectivity index (χ3n) is 5.63. The number of carbonyl (C=O) groups excluding carboxylic acids is 2. The monoisotopic (exact) mass is 343 g/mol. The van der Waals surface area contributed by atoms with E-state index in [0.29, 0.717) is 29.9 Å². The predicted octanol–water partition coefficient (Wildman–Crippen LogP) is 3.02. The zero-order chi connectivity index (χ0) is 17.5. The normalized spacial score (nSPS) is 19.6. The first-order valence-electron chi connectivity index (χ1n) is 9.68.